The van der Waals surface area contributed by atoms with E-state index in [1.807, 2.05) is 24.3 Å². The second-order valence-corrected chi connectivity index (χ2v) is 3.49. The Labute approximate surface area is 140 Å². The van der Waals surface area contributed by atoms with Crippen LogP contribution < -0.4 is 4.74 Å². The molecule has 16 heavy (non-hydrogen) atoms. The minimum Gasteiger partial charge on any atom is -0.457 e. The van der Waals surface area contributed by atoms with Crippen LogP contribution in [0.25, 0.3) is 0 Å². The monoisotopic (exact) mass is 228 g/mol. The fourth-order valence-electron chi connectivity index (χ4n) is 1.82. The number of para-hydroxylation sites is 2. The van der Waals surface area contributed by atoms with E-state index in [2.05, 4.69) is 24.3 Å². The number of fused-ring (bicyclic) bond motifs is 2. The van der Waals surface area contributed by atoms with Gasteiger partial charge in [-0.2, -0.15) is 0 Å². The fourth-order valence-corrected chi connectivity index (χ4v) is 1.82. The number of hydrogen-bond acceptors (Lipinski definition) is 1. The topological polar surface area (TPSA) is 9.23 Å². The van der Waals surface area contributed by atoms with Gasteiger partial charge in [-0.05, 0) is 23.3 Å². The summed E-state index contributed by atoms with van der Waals surface area (Å²) in [6.45, 7) is 0. The quantitative estimate of drug-likeness (QED) is 0.537. The van der Waals surface area contributed by atoms with Crippen molar-refractivity contribution in [1.29, 1.82) is 0 Å². The Morgan fingerprint density at radius 3 is 1.62 bits per heavy atom. The molecule has 0 atom stereocenters. The van der Waals surface area contributed by atoms with Gasteiger partial charge in [-0.3, -0.25) is 0 Å². The number of hydrogen-bond donors (Lipinski definition) is 0. The molecule has 0 aliphatic carbocycles. The summed E-state index contributed by atoms with van der Waals surface area (Å²) in [6, 6.07) is 16.4. The molecule has 0 amide bonds. The maximum Gasteiger partial charge on any atom is 0.130 e. The van der Waals surface area contributed by atoms with E-state index in [1.165, 1.54) is 11.1 Å². The third-order valence-electron chi connectivity index (χ3n) is 2.55. The van der Waals surface area contributed by atoms with E-state index in [0.29, 0.717) is 0 Å². The third kappa shape index (κ3) is 2.73. The van der Waals surface area contributed by atoms with E-state index >= 15 is 0 Å². The maximum absolute atomic E-state index is 5.78. The first-order valence-electron chi connectivity index (χ1n) is 4.77. The van der Waals surface area contributed by atoms with Gasteiger partial charge in [-0.1, -0.05) is 36.4 Å². The van der Waals surface area contributed by atoms with Gasteiger partial charge in [0.05, 0.1) is 0 Å². The molecule has 1 nitrogen and oxygen atoms in total. The summed E-state index contributed by atoms with van der Waals surface area (Å²) >= 11 is 0. The molecule has 2 radical (unpaired) electrons. The Hall–Kier alpha value is 0.240. The van der Waals surface area contributed by atoms with Crippen LogP contribution in [0.4, 0.5) is 0 Å². The van der Waals surface area contributed by atoms with E-state index < -0.39 is 0 Å². The largest absolute Gasteiger partial charge is 0.457 e. The van der Waals surface area contributed by atoms with Crippen LogP contribution >= 0.6 is 0 Å². The van der Waals surface area contributed by atoms with Gasteiger partial charge in [0.2, 0.25) is 0 Å². The molecule has 1 heterocycles. The zero-order valence-electron chi connectivity index (χ0n) is 9.73. The first-order valence-corrected chi connectivity index (χ1v) is 4.77. The molecule has 1 aliphatic rings. The Kier molecular flexibility index (Phi) is 5.58. The predicted molar refractivity (Wildman–Crippen MR) is 67.3 cm³/mol. The Morgan fingerprint density at radius 1 is 0.688 bits per heavy atom. The zero-order chi connectivity index (χ0) is 9.38. The van der Waals surface area contributed by atoms with Crippen molar-refractivity contribution in [1.82, 2.24) is 0 Å². The van der Waals surface area contributed by atoms with Crippen LogP contribution in [0.15, 0.2) is 48.5 Å². The molecule has 3 heteroatoms. The van der Waals surface area contributed by atoms with Gasteiger partial charge >= 0.3 is 0 Å². The molecular formula is C13H10Na2O. The van der Waals surface area contributed by atoms with Crippen molar-refractivity contribution < 1.29 is 4.74 Å². The van der Waals surface area contributed by atoms with Crippen molar-refractivity contribution in [2.75, 3.05) is 0 Å². The molecule has 0 N–H and O–H groups in total. The second kappa shape index (κ2) is 6.25. The summed E-state index contributed by atoms with van der Waals surface area (Å²) < 4.78 is 5.78. The van der Waals surface area contributed by atoms with Gasteiger partial charge in [-0.15, -0.1) is 0 Å². The molecule has 1 aliphatic heterocycles. The molecule has 0 saturated carbocycles. The van der Waals surface area contributed by atoms with Crippen molar-refractivity contribution in [2.45, 2.75) is 6.42 Å². The van der Waals surface area contributed by atoms with E-state index in [-0.39, 0.29) is 59.1 Å². The molecule has 2 aromatic rings. The van der Waals surface area contributed by atoms with Gasteiger partial charge in [0, 0.05) is 65.5 Å². The van der Waals surface area contributed by atoms with Crippen LogP contribution in [-0.4, -0.2) is 59.1 Å². The smallest absolute Gasteiger partial charge is 0.130 e. The van der Waals surface area contributed by atoms with Gasteiger partial charge in [0.1, 0.15) is 11.5 Å². The van der Waals surface area contributed by atoms with Crippen LogP contribution in [-0.2, 0) is 6.42 Å². The summed E-state index contributed by atoms with van der Waals surface area (Å²) in [7, 11) is 0. The molecule has 3 rings (SSSR count). The van der Waals surface area contributed by atoms with Crippen LogP contribution in [0.1, 0.15) is 11.1 Å². The van der Waals surface area contributed by atoms with Gasteiger partial charge in [0.25, 0.3) is 0 Å². The van der Waals surface area contributed by atoms with E-state index in [1.54, 1.807) is 0 Å². The van der Waals surface area contributed by atoms with Crippen LogP contribution in [0, 0.1) is 0 Å². The molecule has 2 aromatic carbocycles. The average Bonchev–Trinajstić information content (AvgIpc) is 2.26. The normalized spacial score (nSPS) is 11.0. The van der Waals surface area contributed by atoms with Crippen molar-refractivity contribution in [3.05, 3.63) is 59.7 Å². The number of rotatable bonds is 0. The third-order valence-corrected chi connectivity index (χ3v) is 2.55. The summed E-state index contributed by atoms with van der Waals surface area (Å²) in [4.78, 5) is 0. The maximum atomic E-state index is 5.78. The Bertz CT molecular complexity index is 395. The Balaban J connectivity index is 0.000000640. The summed E-state index contributed by atoms with van der Waals surface area (Å²) in [6.07, 6.45) is 0.979. The standard InChI is InChI=1S/C13H10O.2Na/c1-3-7-12-10(5-1)9-11-6-2-4-8-13(11)14-12;;/h1-8H,9H2;;. The van der Waals surface area contributed by atoms with Gasteiger partial charge in [0.15, 0.2) is 0 Å². The van der Waals surface area contributed by atoms with Crippen LogP contribution in [0.5, 0.6) is 11.5 Å². The fraction of sp³-hybridized carbons (Fsp3) is 0.0769. The van der Waals surface area contributed by atoms with Crippen molar-refractivity contribution in [3.63, 3.8) is 0 Å². The number of ether oxygens (including phenoxy) is 1. The van der Waals surface area contributed by atoms with Gasteiger partial charge in [-0.25, -0.2) is 0 Å². The van der Waals surface area contributed by atoms with Crippen molar-refractivity contribution in [3.8, 4) is 11.5 Å². The van der Waals surface area contributed by atoms with Crippen LogP contribution in [0.2, 0.25) is 0 Å². The average molecular weight is 228 g/mol. The summed E-state index contributed by atoms with van der Waals surface area (Å²) in [5, 5.41) is 0. The molecule has 0 spiro atoms. The SMILES string of the molecule is [Na].[Na].c1ccc2c(c1)Cc1ccccc1O2. The second-order valence-electron chi connectivity index (χ2n) is 3.49. The molecular weight excluding hydrogens is 218 g/mol. The molecule has 0 bridgehead atoms. The van der Waals surface area contributed by atoms with Crippen molar-refractivity contribution in [2.24, 2.45) is 0 Å². The summed E-state index contributed by atoms with van der Waals surface area (Å²) in [5.41, 5.74) is 2.54. The van der Waals surface area contributed by atoms with E-state index in [0.717, 1.165) is 17.9 Å². The van der Waals surface area contributed by atoms with E-state index in [4.69, 9.17) is 4.74 Å². The predicted octanol–water partition coefficient (Wildman–Crippen LogP) is 2.62. The molecule has 0 fully saturated rings. The molecule has 0 saturated heterocycles. The van der Waals surface area contributed by atoms with Crippen molar-refractivity contribution >= 4 is 59.1 Å². The van der Waals surface area contributed by atoms with E-state index in [9.17, 15) is 0 Å². The molecule has 0 unspecified atom stereocenters. The first-order chi connectivity index (χ1) is 6.93. The minimum atomic E-state index is 0. The summed E-state index contributed by atoms with van der Waals surface area (Å²) in [5.74, 6) is 1.98. The number of benzene rings is 2. The molecule has 70 valence electrons. The Morgan fingerprint density at radius 2 is 1.12 bits per heavy atom. The zero-order valence-corrected chi connectivity index (χ0v) is 13.7. The molecule has 0 aromatic heterocycles. The van der Waals surface area contributed by atoms with Crippen LogP contribution in [0.3, 0.4) is 0 Å². The van der Waals surface area contributed by atoms with Gasteiger partial charge < -0.3 is 4.74 Å². The first kappa shape index (κ1) is 14.3. The minimum absolute atomic E-state index is 0.